The van der Waals surface area contributed by atoms with E-state index in [0.717, 1.165) is 55.7 Å². The van der Waals surface area contributed by atoms with Crippen molar-refractivity contribution >= 4 is 49.8 Å². The predicted octanol–water partition coefficient (Wildman–Crippen LogP) is 12.6. The van der Waals surface area contributed by atoms with Crippen LogP contribution in [0, 0.1) is 0 Å². The highest BCUT2D eigenvalue weighted by Crippen LogP contribution is 2.59. The second kappa shape index (κ2) is 10.8. The summed E-state index contributed by atoms with van der Waals surface area (Å²) in [5.74, 6) is 0. The van der Waals surface area contributed by atoms with Gasteiger partial charge >= 0.3 is 0 Å². The number of fused-ring (bicyclic) bond motifs is 7. The number of hydrogen-bond acceptors (Lipinski definition) is 2. The van der Waals surface area contributed by atoms with Gasteiger partial charge in [0, 0.05) is 27.8 Å². The summed E-state index contributed by atoms with van der Waals surface area (Å²) in [5, 5.41) is 1.43. The van der Waals surface area contributed by atoms with E-state index in [1.807, 2.05) is 103 Å². The Bertz CT molecular complexity index is 3030. The third-order valence-corrected chi connectivity index (χ3v) is 9.75. The molecular formula is C47H31NO. The van der Waals surface area contributed by atoms with Crippen molar-refractivity contribution in [3.8, 4) is 11.1 Å². The minimum atomic E-state index is -1.39. The molecule has 1 heterocycles. The van der Waals surface area contributed by atoms with Gasteiger partial charge < -0.3 is 9.32 Å². The van der Waals surface area contributed by atoms with Gasteiger partial charge in [-0.05, 0) is 98.7 Å². The van der Waals surface area contributed by atoms with Crippen LogP contribution in [-0.4, -0.2) is 0 Å². The standard InChI is InChI=1S/C47H31NO/c1-3-16-35(17-4-1)48(36-18-5-2-6-19-36)37-28-29-42-40(31-37)38-20-9-11-22-41(38)47(42,34-27-26-32-14-7-8-15-33(32)30-34)43-23-13-25-45-46(43)39-21-10-12-24-44(39)49-45/h1-31H/i7D,8D,14D,15D,26D,27D,30D. The van der Waals surface area contributed by atoms with E-state index in [0.29, 0.717) is 11.2 Å². The maximum absolute atomic E-state index is 9.99. The number of anilines is 3. The van der Waals surface area contributed by atoms with Gasteiger partial charge in [0.1, 0.15) is 11.2 Å². The molecule has 0 spiro atoms. The smallest absolute Gasteiger partial charge is 0.135 e. The lowest BCUT2D eigenvalue weighted by molar-refractivity contribution is 0.667. The normalized spacial score (nSPS) is 17.0. The third kappa shape index (κ3) is 4.07. The zero-order valence-corrected chi connectivity index (χ0v) is 26.2. The molecule has 8 aromatic carbocycles. The Labute approximate surface area is 295 Å². The number of para-hydroxylation sites is 3. The molecule has 1 unspecified atom stereocenters. The molecule has 1 atom stereocenters. The maximum Gasteiger partial charge on any atom is 0.135 e. The van der Waals surface area contributed by atoms with Crippen LogP contribution in [0.15, 0.2) is 192 Å². The van der Waals surface area contributed by atoms with Gasteiger partial charge in [-0.25, -0.2) is 0 Å². The van der Waals surface area contributed by atoms with Gasteiger partial charge in [0.2, 0.25) is 0 Å². The average Bonchev–Trinajstić information content (AvgIpc) is 3.75. The molecule has 10 rings (SSSR count). The highest BCUT2D eigenvalue weighted by Gasteiger charge is 2.47. The minimum Gasteiger partial charge on any atom is -0.456 e. The fourth-order valence-corrected chi connectivity index (χ4v) is 7.76. The Morgan fingerprint density at radius 3 is 1.96 bits per heavy atom. The van der Waals surface area contributed by atoms with E-state index in [1.54, 1.807) is 0 Å². The number of rotatable bonds is 5. The summed E-state index contributed by atoms with van der Waals surface area (Å²) in [5.41, 5.74) is 6.97. The Hall–Kier alpha value is -6.38. The lowest BCUT2D eigenvalue weighted by atomic mass is 9.66. The molecule has 9 aromatic rings. The number of furan rings is 1. The molecule has 0 fully saturated rings. The Morgan fingerprint density at radius 1 is 0.490 bits per heavy atom. The monoisotopic (exact) mass is 632 g/mol. The van der Waals surface area contributed by atoms with Crippen LogP contribution in [0.2, 0.25) is 0 Å². The van der Waals surface area contributed by atoms with Crippen molar-refractivity contribution in [2.24, 2.45) is 0 Å². The van der Waals surface area contributed by atoms with E-state index >= 15 is 0 Å². The van der Waals surface area contributed by atoms with E-state index in [-0.39, 0.29) is 34.5 Å². The van der Waals surface area contributed by atoms with Crippen molar-refractivity contribution in [2.75, 3.05) is 4.90 Å². The van der Waals surface area contributed by atoms with E-state index in [1.165, 1.54) is 0 Å². The molecule has 0 saturated carbocycles. The molecule has 1 aromatic heterocycles. The van der Waals surface area contributed by atoms with E-state index in [2.05, 4.69) is 47.4 Å². The van der Waals surface area contributed by atoms with Gasteiger partial charge in [-0.15, -0.1) is 0 Å². The zero-order chi connectivity index (χ0) is 38.5. The number of hydrogen-bond donors (Lipinski definition) is 0. The lowest BCUT2D eigenvalue weighted by Gasteiger charge is -2.35. The summed E-state index contributed by atoms with van der Waals surface area (Å²) in [6, 6.07) is 45.4. The second-order valence-corrected chi connectivity index (χ2v) is 12.3. The molecule has 2 nitrogen and oxygen atoms in total. The third-order valence-electron chi connectivity index (χ3n) is 9.75. The highest BCUT2D eigenvalue weighted by atomic mass is 16.3. The topological polar surface area (TPSA) is 16.4 Å². The first-order valence-corrected chi connectivity index (χ1v) is 16.3. The molecule has 0 amide bonds. The van der Waals surface area contributed by atoms with Gasteiger partial charge in [-0.3, -0.25) is 0 Å². The van der Waals surface area contributed by atoms with Gasteiger partial charge in [-0.2, -0.15) is 0 Å². The van der Waals surface area contributed by atoms with Crippen molar-refractivity contribution in [1.29, 1.82) is 0 Å². The Morgan fingerprint density at radius 2 is 1.14 bits per heavy atom. The SMILES string of the molecule is [2H]c1c([2H])c([2H])c2c([2H])c(C3(c4cccc5oc6ccccc6c45)c4ccccc4-c4cc(N(c5ccccc5)c5ccccc5)ccc43)c([2H])c([2H])c2c1[2H]. The summed E-state index contributed by atoms with van der Waals surface area (Å²) in [6.07, 6.45) is 0. The van der Waals surface area contributed by atoms with Crippen LogP contribution < -0.4 is 4.90 Å². The first kappa shape index (κ1) is 21.5. The molecule has 0 radical (unpaired) electrons. The van der Waals surface area contributed by atoms with Crippen LogP contribution in [-0.2, 0) is 5.41 Å². The van der Waals surface area contributed by atoms with Crippen molar-refractivity contribution in [3.63, 3.8) is 0 Å². The minimum absolute atomic E-state index is 0.0857. The molecule has 49 heavy (non-hydrogen) atoms. The van der Waals surface area contributed by atoms with Gasteiger partial charge in [-0.1, -0.05) is 133 Å². The van der Waals surface area contributed by atoms with Gasteiger partial charge in [0.05, 0.1) is 15.0 Å². The van der Waals surface area contributed by atoms with Crippen molar-refractivity contribution in [3.05, 3.63) is 210 Å². The molecule has 1 aliphatic carbocycles. The first-order valence-electron chi connectivity index (χ1n) is 19.8. The summed E-state index contributed by atoms with van der Waals surface area (Å²) in [7, 11) is 0. The number of nitrogens with zero attached hydrogens (tertiary/aromatic N) is 1. The van der Waals surface area contributed by atoms with Gasteiger partial charge in [0.25, 0.3) is 0 Å². The molecule has 1 aliphatic rings. The van der Waals surface area contributed by atoms with Crippen LogP contribution in [0.25, 0.3) is 43.8 Å². The lowest BCUT2D eigenvalue weighted by Crippen LogP contribution is -2.29. The summed E-state index contributed by atoms with van der Waals surface area (Å²) in [4.78, 5) is 2.19. The molecule has 0 aliphatic heterocycles. The molecule has 0 bridgehead atoms. The van der Waals surface area contributed by atoms with Crippen molar-refractivity contribution < 1.29 is 14.0 Å². The predicted molar refractivity (Wildman–Crippen MR) is 203 cm³/mol. The fraction of sp³-hybridized carbons (Fsp3) is 0.0213. The number of benzene rings is 8. The second-order valence-electron chi connectivity index (χ2n) is 12.3. The fourth-order valence-electron chi connectivity index (χ4n) is 7.76. The summed E-state index contributed by atoms with van der Waals surface area (Å²) >= 11 is 0. The molecule has 230 valence electrons. The van der Waals surface area contributed by atoms with Crippen molar-refractivity contribution in [1.82, 2.24) is 0 Å². The highest BCUT2D eigenvalue weighted by molar-refractivity contribution is 6.09. The quantitative estimate of drug-likeness (QED) is 0.188. The van der Waals surface area contributed by atoms with E-state index in [9.17, 15) is 4.11 Å². The van der Waals surface area contributed by atoms with Crippen LogP contribution in [0.5, 0.6) is 0 Å². The maximum atomic E-state index is 9.99. The van der Waals surface area contributed by atoms with Crippen LogP contribution >= 0.6 is 0 Å². The average molecular weight is 633 g/mol. The van der Waals surface area contributed by atoms with E-state index in [4.69, 9.17) is 9.90 Å². The molecule has 2 heteroatoms. The van der Waals surface area contributed by atoms with Crippen LogP contribution in [0.1, 0.15) is 31.8 Å². The van der Waals surface area contributed by atoms with Crippen LogP contribution in [0.4, 0.5) is 17.1 Å². The Balaban J connectivity index is 1.39. The van der Waals surface area contributed by atoms with E-state index < -0.39 is 29.6 Å². The van der Waals surface area contributed by atoms with Crippen molar-refractivity contribution in [2.45, 2.75) is 5.41 Å². The first-order chi connectivity index (χ1) is 27.2. The zero-order valence-electron chi connectivity index (χ0n) is 33.2. The summed E-state index contributed by atoms with van der Waals surface area (Å²) in [6.45, 7) is 0. The van der Waals surface area contributed by atoms with Gasteiger partial charge in [0.15, 0.2) is 0 Å². The molecular weight excluding hydrogens is 595 g/mol. The van der Waals surface area contributed by atoms with Crippen LogP contribution in [0.3, 0.4) is 0 Å². The summed E-state index contributed by atoms with van der Waals surface area (Å²) < 4.78 is 70.5. The molecule has 0 N–H and O–H groups in total. The Kier molecular flexibility index (Phi) is 4.75. The molecule has 0 saturated heterocycles. The largest absolute Gasteiger partial charge is 0.456 e.